The lowest BCUT2D eigenvalue weighted by Crippen LogP contribution is -2.04. The van der Waals surface area contributed by atoms with Crippen molar-refractivity contribution in [2.24, 2.45) is 0 Å². The third kappa shape index (κ3) is 5.26. The number of fused-ring (bicyclic) bond motifs is 1. The van der Waals surface area contributed by atoms with Gasteiger partial charge in [0.05, 0.1) is 32.6 Å². The molecule has 1 aromatic heterocycles. The van der Waals surface area contributed by atoms with Gasteiger partial charge in [0, 0.05) is 33.2 Å². The van der Waals surface area contributed by atoms with Gasteiger partial charge in [-0.1, -0.05) is 52.0 Å². The number of thioether (sulfide) groups is 1. The first-order chi connectivity index (χ1) is 16.5. The highest BCUT2D eigenvalue weighted by atomic mass is 79.9. The zero-order valence-electron chi connectivity index (χ0n) is 18.8. The number of halogens is 1. The maximum atomic E-state index is 12.6. The Bertz CT molecular complexity index is 1310. The Kier molecular flexibility index (Phi) is 7.54. The van der Waals surface area contributed by atoms with E-state index in [1.807, 2.05) is 48.5 Å². The van der Waals surface area contributed by atoms with Crippen LogP contribution in [0.25, 0.3) is 10.9 Å². The molecule has 0 fully saturated rings. The van der Waals surface area contributed by atoms with Crippen molar-refractivity contribution in [3.8, 4) is 17.2 Å². The van der Waals surface area contributed by atoms with Crippen LogP contribution in [-0.2, 0) is 0 Å². The van der Waals surface area contributed by atoms with Crippen LogP contribution in [0.1, 0.15) is 10.4 Å². The summed E-state index contributed by atoms with van der Waals surface area (Å²) in [5.74, 6) is 2.40. The normalized spacial score (nSPS) is 10.7. The van der Waals surface area contributed by atoms with Crippen LogP contribution >= 0.6 is 27.7 Å². The molecule has 3 aromatic carbocycles. The van der Waals surface area contributed by atoms with Gasteiger partial charge in [-0.3, -0.25) is 4.79 Å². The Morgan fingerprint density at radius 3 is 2.26 bits per heavy atom. The lowest BCUT2D eigenvalue weighted by atomic mass is 10.2. The third-order valence-electron chi connectivity index (χ3n) is 5.01. The number of carbonyl (C=O) groups excluding carboxylic acids is 1. The SMILES string of the molecule is COc1cc(Nc2nc(SCC(=O)c3ccc(Br)cc3)nc3ccccc23)cc(OC)c1OC. The van der Waals surface area contributed by atoms with Crippen LogP contribution in [0.2, 0.25) is 0 Å². The van der Waals surface area contributed by atoms with Gasteiger partial charge in [-0.25, -0.2) is 9.97 Å². The molecule has 0 saturated heterocycles. The minimum Gasteiger partial charge on any atom is -0.493 e. The largest absolute Gasteiger partial charge is 0.493 e. The number of ether oxygens (including phenoxy) is 3. The van der Waals surface area contributed by atoms with Crippen molar-refractivity contribution in [1.29, 1.82) is 0 Å². The summed E-state index contributed by atoms with van der Waals surface area (Å²) in [6.07, 6.45) is 0. The van der Waals surface area contributed by atoms with Crippen LogP contribution in [0, 0.1) is 0 Å². The first kappa shape index (κ1) is 23.8. The number of methoxy groups -OCH3 is 3. The van der Waals surface area contributed by atoms with Crippen molar-refractivity contribution < 1.29 is 19.0 Å². The minimum atomic E-state index is 0.00777. The molecule has 0 bridgehead atoms. The number of hydrogen-bond donors (Lipinski definition) is 1. The van der Waals surface area contributed by atoms with E-state index in [-0.39, 0.29) is 11.5 Å². The first-order valence-corrected chi connectivity index (χ1v) is 12.1. The molecule has 0 unspecified atom stereocenters. The standard InChI is InChI=1S/C25H22BrN3O4S/c1-31-21-12-17(13-22(32-2)23(21)33-3)27-24-18-6-4-5-7-19(18)28-25(29-24)34-14-20(30)15-8-10-16(26)11-9-15/h4-13H,14H2,1-3H3,(H,27,28,29). The minimum absolute atomic E-state index is 0.00777. The Hall–Kier alpha value is -3.30. The highest BCUT2D eigenvalue weighted by molar-refractivity contribution is 9.10. The molecule has 0 aliphatic rings. The predicted molar refractivity (Wildman–Crippen MR) is 138 cm³/mol. The summed E-state index contributed by atoms with van der Waals surface area (Å²) in [4.78, 5) is 22.0. The molecule has 0 atom stereocenters. The molecule has 0 radical (unpaired) electrons. The molecule has 1 N–H and O–H groups in total. The van der Waals surface area contributed by atoms with Crippen molar-refractivity contribution in [1.82, 2.24) is 9.97 Å². The van der Waals surface area contributed by atoms with Crippen LogP contribution in [0.4, 0.5) is 11.5 Å². The topological polar surface area (TPSA) is 82.6 Å². The maximum absolute atomic E-state index is 12.6. The lowest BCUT2D eigenvalue weighted by molar-refractivity contribution is 0.102. The average Bonchev–Trinajstić information content (AvgIpc) is 2.87. The van der Waals surface area contributed by atoms with E-state index in [1.54, 1.807) is 33.5 Å². The molecular weight excluding hydrogens is 518 g/mol. The molecule has 4 aromatic rings. The van der Waals surface area contributed by atoms with Crippen LogP contribution in [-0.4, -0.2) is 42.8 Å². The van der Waals surface area contributed by atoms with Gasteiger partial charge in [0.2, 0.25) is 5.75 Å². The van der Waals surface area contributed by atoms with Gasteiger partial charge in [-0.2, -0.15) is 0 Å². The summed E-state index contributed by atoms with van der Waals surface area (Å²) in [7, 11) is 4.70. The van der Waals surface area contributed by atoms with E-state index >= 15 is 0 Å². The number of carbonyl (C=O) groups is 1. The fourth-order valence-electron chi connectivity index (χ4n) is 3.35. The molecule has 0 spiro atoms. The molecule has 0 saturated carbocycles. The second kappa shape index (κ2) is 10.8. The lowest BCUT2D eigenvalue weighted by Gasteiger charge is -2.16. The number of benzene rings is 3. The number of ketones is 1. The maximum Gasteiger partial charge on any atom is 0.203 e. The van der Waals surface area contributed by atoms with E-state index in [4.69, 9.17) is 19.2 Å². The molecule has 0 amide bonds. The zero-order valence-corrected chi connectivity index (χ0v) is 21.2. The highest BCUT2D eigenvalue weighted by Gasteiger charge is 2.16. The molecule has 174 valence electrons. The smallest absolute Gasteiger partial charge is 0.203 e. The van der Waals surface area contributed by atoms with Gasteiger partial charge in [0.15, 0.2) is 22.4 Å². The molecule has 4 rings (SSSR count). The van der Waals surface area contributed by atoms with E-state index in [9.17, 15) is 4.79 Å². The number of nitrogens with zero attached hydrogens (tertiary/aromatic N) is 2. The zero-order chi connectivity index (χ0) is 24.1. The number of aromatic nitrogens is 2. The summed E-state index contributed by atoms with van der Waals surface area (Å²) >= 11 is 4.68. The van der Waals surface area contributed by atoms with E-state index in [0.717, 1.165) is 15.4 Å². The van der Waals surface area contributed by atoms with Gasteiger partial charge >= 0.3 is 0 Å². The van der Waals surface area contributed by atoms with E-state index in [0.29, 0.717) is 39.5 Å². The van der Waals surface area contributed by atoms with Crippen molar-refractivity contribution in [3.63, 3.8) is 0 Å². The quantitative estimate of drug-likeness (QED) is 0.154. The fraction of sp³-hybridized carbons (Fsp3) is 0.160. The van der Waals surface area contributed by atoms with Gasteiger partial charge < -0.3 is 19.5 Å². The number of anilines is 2. The Morgan fingerprint density at radius 2 is 1.62 bits per heavy atom. The predicted octanol–water partition coefficient (Wildman–Crippen LogP) is 6.14. The van der Waals surface area contributed by atoms with Crippen LogP contribution in [0.15, 0.2) is 70.3 Å². The second-order valence-electron chi connectivity index (χ2n) is 7.13. The number of Topliss-reactive ketones (excluding diaryl/α,β-unsaturated/α-hetero) is 1. The first-order valence-electron chi connectivity index (χ1n) is 10.3. The molecular formula is C25H22BrN3O4S. The van der Waals surface area contributed by atoms with Gasteiger partial charge in [0.1, 0.15) is 5.82 Å². The second-order valence-corrected chi connectivity index (χ2v) is 8.99. The average molecular weight is 540 g/mol. The Morgan fingerprint density at radius 1 is 0.941 bits per heavy atom. The number of para-hydroxylation sites is 1. The molecule has 7 nitrogen and oxygen atoms in total. The highest BCUT2D eigenvalue weighted by Crippen LogP contribution is 2.41. The van der Waals surface area contributed by atoms with E-state index in [2.05, 4.69) is 26.2 Å². The van der Waals surface area contributed by atoms with Crippen LogP contribution < -0.4 is 19.5 Å². The van der Waals surface area contributed by atoms with E-state index < -0.39 is 0 Å². The summed E-state index contributed by atoms with van der Waals surface area (Å²) in [5, 5.41) is 4.69. The van der Waals surface area contributed by atoms with Gasteiger partial charge in [-0.05, 0) is 24.3 Å². The Balaban J connectivity index is 1.64. The van der Waals surface area contributed by atoms with Gasteiger partial charge in [-0.15, -0.1) is 0 Å². The summed E-state index contributed by atoms with van der Waals surface area (Å²) in [6, 6.07) is 18.6. The van der Waals surface area contributed by atoms with Gasteiger partial charge in [0.25, 0.3) is 0 Å². The fourth-order valence-corrected chi connectivity index (χ4v) is 4.36. The molecule has 0 aliphatic heterocycles. The van der Waals surface area contributed by atoms with E-state index in [1.165, 1.54) is 11.8 Å². The number of nitrogens with one attached hydrogen (secondary N) is 1. The van der Waals surface area contributed by atoms with Crippen molar-refractivity contribution in [2.75, 3.05) is 32.4 Å². The monoisotopic (exact) mass is 539 g/mol. The van der Waals surface area contributed by atoms with Crippen LogP contribution in [0.3, 0.4) is 0 Å². The number of hydrogen-bond acceptors (Lipinski definition) is 8. The van der Waals surface area contributed by atoms with Crippen molar-refractivity contribution >= 4 is 55.9 Å². The summed E-state index contributed by atoms with van der Waals surface area (Å²) < 4.78 is 17.3. The third-order valence-corrected chi connectivity index (χ3v) is 6.38. The molecule has 9 heteroatoms. The Labute approximate surface area is 210 Å². The molecule has 0 aliphatic carbocycles. The molecule has 34 heavy (non-hydrogen) atoms. The summed E-state index contributed by atoms with van der Waals surface area (Å²) in [5.41, 5.74) is 2.12. The van der Waals surface area contributed by atoms with Crippen molar-refractivity contribution in [2.45, 2.75) is 5.16 Å². The number of rotatable bonds is 9. The van der Waals surface area contributed by atoms with Crippen molar-refractivity contribution in [3.05, 3.63) is 70.7 Å². The van der Waals surface area contributed by atoms with Crippen LogP contribution in [0.5, 0.6) is 17.2 Å². The molecule has 1 heterocycles. The summed E-state index contributed by atoms with van der Waals surface area (Å²) in [6.45, 7) is 0.